The van der Waals surface area contributed by atoms with Crippen LogP contribution >= 0.6 is 11.8 Å². The maximum Gasteiger partial charge on any atom is 0.281 e. The number of hydrogen-bond acceptors (Lipinski definition) is 3. The van der Waals surface area contributed by atoms with Gasteiger partial charge in [-0.15, -0.1) is 0 Å². The van der Waals surface area contributed by atoms with E-state index >= 15 is 0 Å². The smallest absolute Gasteiger partial charge is 0.281 e. The van der Waals surface area contributed by atoms with Crippen LogP contribution in [-0.2, 0) is 4.79 Å². The summed E-state index contributed by atoms with van der Waals surface area (Å²) in [6, 6.07) is 0.479. The Morgan fingerprint density at radius 2 is 1.48 bits per heavy atom. The van der Waals surface area contributed by atoms with Gasteiger partial charge in [-0.2, -0.15) is 0 Å². The number of fused-ring (bicyclic) bond motifs is 1. The van der Waals surface area contributed by atoms with Crippen LogP contribution in [0.2, 0.25) is 0 Å². The largest absolute Gasteiger partial charge is 0.343 e. The van der Waals surface area contributed by atoms with E-state index in [9.17, 15) is 9.59 Å². The maximum atomic E-state index is 12.7. The molecule has 2 aliphatic heterocycles. The molecule has 4 nitrogen and oxygen atoms in total. The van der Waals surface area contributed by atoms with Gasteiger partial charge < -0.3 is 9.80 Å². The van der Waals surface area contributed by atoms with E-state index in [2.05, 4.69) is 4.90 Å². The zero-order chi connectivity index (χ0) is 17.5. The summed E-state index contributed by atoms with van der Waals surface area (Å²) in [5.41, 5.74) is 0. The van der Waals surface area contributed by atoms with Crippen LogP contribution in [-0.4, -0.2) is 52.4 Å². The summed E-state index contributed by atoms with van der Waals surface area (Å²) in [7, 11) is 0. The monoisotopic (exact) mass is 366 g/mol. The van der Waals surface area contributed by atoms with Crippen molar-refractivity contribution in [1.29, 1.82) is 0 Å². The quantitative estimate of drug-likeness (QED) is 0.728. The van der Waals surface area contributed by atoms with Crippen molar-refractivity contribution in [2.45, 2.75) is 83.1 Å². The van der Waals surface area contributed by atoms with Crippen LogP contribution in [0.15, 0.2) is 0 Å². The Morgan fingerprint density at radius 3 is 2.28 bits per heavy atom. The highest BCUT2D eigenvalue weighted by Crippen LogP contribution is 2.36. The number of carbonyl (C=O) groups excluding carboxylic acids is 2. The minimum absolute atomic E-state index is 0.220. The summed E-state index contributed by atoms with van der Waals surface area (Å²) in [5.74, 6) is 1.62. The van der Waals surface area contributed by atoms with Crippen molar-refractivity contribution in [3.63, 3.8) is 0 Å². The van der Waals surface area contributed by atoms with Gasteiger partial charge in [0.25, 0.3) is 5.24 Å². The Hall–Kier alpha value is -0.710. The van der Waals surface area contributed by atoms with E-state index in [0.29, 0.717) is 18.2 Å². The topological polar surface area (TPSA) is 40.6 Å². The van der Waals surface area contributed by atoms with Gasteiger partial charge in [0.05, 0.1) is 0 Å². The molecule has 2 heterocycles. The fourth-order valence-corrected chi connectivity index (χ4v) is 5.66. The van der Waals surface area contributed by atoms with Gasteiger partial charge in [0, 0.05) is 37.8 Å². The molecule has 3 rings (SSSR count). The second-order valence-electron chi connectivity index (χ2n) is 7.96. The molecule has 2 saturated heterocycles. The molecule has 5 heteroatoms. The molecule has 0 aromatic heterocycles. The number of piperidine rings is 1. The van der Waals surface area contributed by atoms with Gasteiger partial charge >= 0.3 is 0 Å². The first kappa shape index (κ1) is 19.1. The molecule has 0 aromatic carbocycles. The number of amides is 2. The van der Waals surface area contributed by atoms with E-state index in [-0.39, 0.29) is 11.1 Å². The molecule has 3 fully saturated rings. The Kier molecular flexibility index (Phi) is 7.50. The standard InChI is InChI=1S/C20H34N2O2S/c23-19(21-13-6-2-1-3-7-14-21)12-16-25-20(24)22-15-8-10-17-9-4-5-11-18(17)22/h17-18H,1-16H2. The van der Waals surface area contributed by atoms with Crippen molar-refractivity contribution in [2.75, 3.05) is 25.4 Å². The molecule has 2 unspecified atom stereocenters. The zero-order valence-corrected chi connectivity index (χ0v) is 16.4. The van der Waals surface area contributed by atoms with Crippen molar-refractivity contribution in [1.82, 2.24) is 9.80 Å². The Labute approximate surface area is 157 Å². The van der Waals surface area contributed by atoms with Crippen LogP contribution < -0.4 is 0 Å². The maximum absolute atomic E-state index is 12.7. The lowest BCUT2D eigenvalue weighted by atomic mass is 9.78. The predicted octanol–water partition coefficient (Wildman–Crippen LogP) is 4.68. The van der Waals surface area contributed by atoms with Gasteiger partial charge in [-0.1, -0.05) is 43.9 Å². The number of nitrogens with zero attached hydrogens (tertiary/aromatic N) is 2. The van der Waals surface area contributed by atoms with E-state index < -0.39 is 0 Å². The normalized spacial score (nSPS) is 28.0. The highest BCUT2D eigenvalue weighted by Gasteiger charge is 2.35. The summed E-state index contributed by atoms with van der Waals surface area (Å²) in [4.78, 5) is 29.3. The van der Waals surface area contributed by atoms with Crippen molar-refractivity contribution in [3.05, 3.63) is 0 Å². The first-order valence-corrected chi connectivity index (χ1v) is 11.5. The molecule has 0 N–H and O–H groups in total. The average Bonchev–Trinajstić information content (AvgIpc) is 2.60. The van der Waals surface area contributed by atoms with Gasteiger partial charge in [0.15, 0.2) is 0 Å². The minimum Gasteiger partial charge on any atom is -0.343 e. The van der Waals surface area contributed by atoms with Crippen LogP contribution in [0, 0.1) is 5.92 Å². The highest BCUT2D eigenvalue weighted by molar-refractivity contribution is 8.13. The molecule has 25 heavy (non-hydrogen) atoms. The van der Waals surface area contributed by atoms with E-state index in [0.717, 1.165) is 44.8 Å². The summed E-state index contributed by atoms with van der Waals surface area (Å²) < 4.78 is 0. The fraction of sp³-hybridized carbons (Fsp3) is 0.900. The van der Waals surface area contributed by atoms with E-state index in [4.69, 9.17) is 0 Å². The molecule has 0 aromatic rings. The molecular formula is C20H34N2O2S. The number of hydrogen-bond donors (Lipinski definition) is 0. The first-order chi connectivity index (χ1) is 12.3. The Bertz CT molecular complexity index is 447. The number of carbonyl (C=O) groups is 2. The molecule has 0 bridgehead atoms. The summed E-state index contributed by atoms with van der Waals surface area (Å²) >= 11 is 1.38. The van der Waals surface area contributed by atoms with Crippen molar-refractivity contribution < 1.29 is 9.59 Å². The third-order valence-electron chi connectivity index (χ3n) is 6.23. The number of likely N-dealkylation sites (tertiary alicyclic amines) is 2. The van der Waals surface area contributed by atoms with Gasteiger partial charge in [0.2, 0.25) is 5.91 Å². The lowest BCUT2D eigenvalue weighted by Gasteiger charge is -2.43. The van der Waals surface area contributed by atoms with E-state index in [1.165, 1.54) is 63.1 Å². The van der Waals surface area contributed by atoms with Crippen molar-refractivity contribution in [3.8, 4) is 0 Å². The van der Waals surface area contributed by atoms with Gasteiger partial charge in [-0.3, -0.25) is 9.59 Å². The van der Waals surface area contributed by atoms with Crippen LogP contribution in [0.1, 0.15) is 77.0 Å². The third-order valence-corrected chi connectivity index (χ3v) is 7.12. The molecule has 2 amide bonds. The molecule has 1 aliphatic carbocycles. The minimum atomic E-state index is 0.220. The highest BCUT2D eigenvalue weighted by atomic mass is 32.2. The van der Waals surface area contributed by atoms with Crippen LogP contribution in [0.5, 0.6) is 0 Å². The summed E-state index contributed by atoms with van der Waals surface area (Å²) in [6.07, 6.45) is 14.1. The SMILES string of the molecule is O=C(CCSC(=O)N1CCCC2CCCCC21)N1CCCCCCC1. The van der Waals surface area contributed by atoms with Gasteiger partial charge in [0.1, 0.15) is 0 Å². The first-order valence-electron chi connectivity index (χ1n) is 10.5. The predicted molar refractivity (Wildman–Crippen MR) is 104 cm³/mol. The van der Waals surface area contributed by atoms with Crippen molar-refractivity contribution >= 4 is 22.9 Å². The van der Waals surface area contributed by atoms with E-state index in [1.807, 2.05) is 4.90 Å². The van der Waals surface area contributed by atoms with Crippen molar-refractivity contribution in [2.24, 2.45) is 5.92 Å². The Balaban J connectivity index is 1.41. The molecule has 0 radical (unpaired) electrons. The van der Waals surface area contributed by atoms with Gasteiger partial charge in [-0.25, -0.2) is 0 Å². The fourth-order valence-electron chi connectivity index (χ4n) is 4.81. The second-order valence-corrected chi connectivity index (χ2v) is 9.01. The van der Waals surface area contributed by atoms with Crippen LogP contribution in [0.3, 0.4) is 0 Å². The molecule has 142 valence electrons. The molecule has 0 spiro atoms. The van der Waals surface area contributed by atoms with Crippen LogP contribution in [0.4, 0.5) is 4.79 Å². The van der Waals surface area contributed by atoms with E-state index in [1.54, 1.807) is 0 Å². The molecular weight excluding hydrogens is 332 g/mol. The zero-order valence-electron chi connectivity index (χ0n) is 15.6. The van der Waals surface area contributed by atoms with Gasteiger partial charge in [-0.05, 0) is 44.4 Å². The Morgan fingerprint density at radius 1 is 0.800 bits per heavy atom. The number of rotatable bonds is 3. The molecule has 3 aliphatic rings. The lowest BCUT2D eigenvalue weighted by Crippen LogP contribution is -2.48. The summed E-state index contributed by atoms with van der Waals surface area (Å²) in [5, 5.41) is 0.220. The van der Waals surface area contributed by atoms with Crippen LogP contribution in [0.25, 0.3) is 0 Å². The average molecular weight is 367 g/mol. The second kappa shape index (κ2) is 9.84. The summed E-state index contributed by atoms with van der Waals surface area (Å²) in [6.45, 7) is 2.74. The molecule has 1 saturated carbocycles. The third kappa shape index (κ3) is 5.38. The molecule has 2 atom stereocenters. The number of thioether (sulfide) groups is 1. The lowest BCUT2D eigenvalue weighted by molar-refractivity contribution is -0.131.